The molecule has 3 heteroatoms. The van der Waals surface area contributed by atoms with Gasteiger partial charge in [-0.15, -0.1) is 0 Å². The van der Waals surface area contributed by atoms with Gasteiger partial charge in [-0.25, -0.2) is 4.79 Å². The van der Waals surface area contributed by atoms with Crippen LogP contribution in [0.4, 0.5) is 0 Å². The number of amides is 1. The molecule has 42 valence electrons. The van der Waals surface area contributed by atoms with E-state index in [9.17, 15) is 4.79 Å². The second kappa shape index (κ2) is 2.71. The minimum Gasteiger partial charge on any atom is -0.297 e. The monoisotopic (exact) mass is 103 g/mol. The SMILES string of the molecule is CN(C)CC([NH3+])=O. The molecule has 7 heavy (non-hydrogen) atoms. The normalized spacial score (nSPS) is 9.71. The van der Waals surface area contributed by atoms with Gasteiger partial charge in [-0.05, 0) is 14.1 Å². The van der Waals surface area contributed by atoms with Crippen molar-refractivity contribution < 1.29 is 10.5 Å². The number of hydrogen-bond donors (Lipinski definition) is 1. The summed E-state index contributed by atoms with van der Waals surface area (Å²) in [6.07, 6.45) is 0. The van der Waals surface area contributed by atoms with Gasteiger partial charge in [0.05, 0.1) is 0 Å². The molecule has 0 saturated heterocycles. The first kappa shape index (κ1) is 6.59. The summed E-state index contributed by atoms with van der Waals surface area (Å²) in [5.41, 5.74) is 3.20. The average molecular weight is 103 g/mol. The highest BCUT2D eigenvalue weighted by atomic mass is 16.1. The Balaban J connectivity index is 3.13. The van der Waals surface area contributed by atoms with Crippen molar-refractivity contribution in [1.82, 2.24) is 4.90 Å². The Kier molecular flexibility index (Phi) is 2.55. The molecule has 3 nitrogen and oxygen atoms in total. The lowest BCUT2D eigenvalue weighted by Crippen LogP contribution is -2.60. The number of nitrogens with zero attached hydrogens (tertiary/aromatic N) is 1. The second-order valence-electron chi connectivity index (χ2n) is 1.78. The van der Waals surface area contributed by atoms with E-state index < -0.39 is 0 Å². The molecule has 0 aromatic carbocycles. The van der Waals surface area contributed by atoms with Gasteiger partial charge < -0.3 is 0 Å². The van der Waals surface area contributed by atoms with Crippen molar-refractivity contribution in [2.24, 2.45) is 0 Å². The molecule has 3 N–H and O–H groups in total. The van der Waals surface area contributed by atoms with Gasteiger partial charge in [-0.3, -0.25) is 10.6 Å². The lowest BCUT2D eigenvalue weighted by Gasteiger charge is -2.00. The molecule has 0 fully saturated rings. The van der Waals surface area contributed by atoms with E-state index in [2.05, 4.69) is 5.73 Å². The van der Waals surface area contributed by atoms with Gasteiger partial charge in [0.2, 0.25) is 0 Å². The maximum Gasteiger partial charge on any atom is 0.322 e. The third kappa shape index (κ3) is 5.59. The number of carbonyl (C=O) groups excluding carboxylic acids is 1. The highest BCUT2D eigenvalue weighted by molar-refractivity contribution is 5.66. The molecule has 0 aromatic rings. The van der Waals surface area contributed by atoms with Crippen molar-refractivity contribution in [3.05, 3.63) is 0 Å². The Bertz CT molecular complexity index is 70.1. The van der Waals surface area contributed by atoms with Gasteiger partial charge >= 0.3 is 5.91 Å². The second-order valence-corrected chi connectivity index (χ2v) is 1.78. The minimum absolute atomic E-state index is 0.0370. The highest BCUT2D eigenvalue weighted by Crippen LogP contribution is 1.65. The zero-order valence-corrected chi connectivity index (χ0v) is 4.77. The Morgan fingerprint density at radius 2 is 2.14 bits per heavy atom. The molecule has 0 heterocycles. The van der Waals surface area contributed by atoms with Gasteiger partial charge in [0.15, 0.2) is 0 Å². The quantitative estimate of drug-likeness (QED) is 0.453. The third-order valence-electron chi connectivity index (χ3n) is 0.493. The minimum atomic E-state index is -0.0370. The molecule has 0 spiro atoms. The van der Waals surface area contributed by atoms with Crippen LogP contribution in [-0.4, -0.2) is 31.4 Å². The fraction of sp³-hybridized carbons (Fsp3) is 0.750. The molecule has 0 radical (unpaired) electrons. The number of rotatable bonds is 2. The van der Waals surface area contributed by atoms with Crippen LogP contribution in [0.3, 0.4) is 0 Å². The van der Waals surface area contributed by atoms with E-state index in [-0.39, 0.29) is 5.91 Å². The fourth-order valence-corrected chi connectivity index (χ4v) is 0.353. The summed E-state index contributed by atoms with van der Waals surface area (Å²) in [4.78, 5) is 11.9. The summed E-state index contributed by atoms with van der Waals surface area (Å²) < 4.78 is 0. The molecular weight excluding hydrogens is 92.1 g/mol. The molecule has 0 aliphatic heterocycles. The summed E-state index contributed by atoms with van der Waals surface area (Å²) in [6, 6.07) is 0. The summed E-state index contributed by atoms with van der Waals surface area (Å²) in [7, 11) is 3.67. The largest absolute Gasteiger partial charge is 0.322 e. The number of likely N-dealkylation sites (N-methyl/N-ethyl adjacent to an activating group) is 1. The molecule has 1 amide bonds. The highest BCUT2D eigenvalue weighted by Gasteiger charge is 1.96. The van der Waals surface area contributed by atoms with Crippen molar-refractivity contribution in [3.8, 4) is 0 Å². The van der Waals surface area contributed by atoms with Crippen LogP contribution < -0.4 is 5.73 Å². The van der Waals surface area contributed by atoms with Gasteiger partial charge in [-0.1, -0.05) is 0 Å². The first-order valence-corrected chi connectivity index (χ1v) is 2.12. The van der Waals surface area contributed by atoms with Crippen molar-refractivity contribution in [2.75, 3.05) is 20.6 Å². The van der Waals surface area contributed by atoms with Crippen LogP contribution >= 0.6 is 0 Å². The zero-order valence-electron chi connectivity index (χ0n) is 4.77. The number of quaternary nitrogens is 1. The molecule has 0 aliphatic rings. The van der Waals surface area contributed by atoms with Crippen molar-refractivity contribution >= 4 is 5.91 Å². The summed E-state index contributed by atoms with van der Waals surface area (Å²) >= 11 is 0. The topological polar surface area (TPSA) is 48.0 Å². The van der Waals surface area contributed by atoms with Gasteiger partial charge in [0.25, 0.3) is 0 Å². The summed E-state index contributed by atoms with van der Waals surface area (Å²) in [5.74, 6) is -0.0370. The Labute approximate surface area is 43.1 Å². The summed E-state index contributed by atoms with van der Waals surface area (Å²) in [5, 5.41) is 0. The first-order chi connectivity index (χ1) is 3.13. The van der Waals surface area contributed by atoms with Gasteiger partial charge in [0.1, 0.15) is 6.54 Å². The Morgan fingerprint density at radius 1 is 1.71 bits per heavy atom. The van der Waals surface area contributed by atoms with Crippen LogP contribution in [0.1, 0.15) is 0 Å². The van der Waals surface area contributed by atoms with Gasteiger partial charge in [0, 0.05) is 0 Å². The summed E-state index contributed by atoms with van der Waals surface area (Å²) in [6.45, 7) is 0.444. The molecular formula is C4H11N2O+. The maximum atomic E-state index is 10.1. The number of hydrogen-bond acceptors (Lipinski definition) is 2. The smallest absolute Gasteiger partial charge is 0.297 e. The van der Waals surface area contributed by atoms with E-state index in [1.54, 1.807) is 4.90 Å². The van der Waals surface area contributed by atoms with Crippen LogP contribution in [0, 0.1) is 0 Å². The maximum absolute atomic E-state index is 10.1. The van der Waals surface area contributed by atoms with Gasteiger partial charge in [-0.2, -0.15) is 0 Å². The molecule has 0 bridgehead atoms. The molecule has 0 saturated carbocycles. The molecule has 0 rings (SSSR count). The predicted octanol–water partition coefficient (Wildman–Crippen LogP) is -1.68. The van der Waals surface area contributed by atoms with E-state index in [0.717, 1.165) is 0 Å². The predicted molar refractivity (Wildman–Crippen MR) is 26.4 cm³/mol. The molecule has 0 unspecified atom stereocenters. The Hall–Kier alpha value is -0.410. The average Bonchev–Trinajstić information content (AvgIpc) is 1.27. The first-order valence-electron chi connectivity index (χ1n) is 2.12. The van der Waals surface area contributed by atoms with Crippen LogP contribution in [0.15, 0.2) is 0 Å². The molecule has 0 atom stereocenters. The van der Waals surface area contributed by atoms with Crippen LogP contribution in [-0.2, 0) is 4.79 Å². The van der Waals surface area contributed by atoms with E-state index >= 15 is 0 Å². The standard InChI is InChI=1S/C4H10N2O/c1-6(2)3-4(5)7/h3H2,1-2H3,(H2,5,7)/p+1. The van der Waals surface area contributed by atoms with Crippen molar-refractivity contribution in [2.45, 2.75) is 0 Å². The van der Waals surface area contributed by atoms with Crippen LogP contribution in [0.5, 0.6) is 0 Å². The fourth-order valence-electron chi connectivity index (χ4n) is 0.353. The van der Waals surface area contributed by atoms with E-state index in [0.29, 0.717) is 6.54 Å². The van der Waals surface area contributed by atoms with E-state index in [1.165, 1.54) is 0 Å². The third-order valence-corrected chi connectivity index (χ3v) is 0.493. The van der Waals surface area contributed by atoms with Crippen LogP contribution in [0.25, 0.3) is 0 Å². The van der Waals surface area contributed by atoms with Crippen LogP contribution in [0.2, 0.25) is 0 Å². The van der Waals surface area contributed by atoms with Crippen molar-refractivity contribution in [1.29, 1.82) is 0 Å². The number of carbonyl (C=O) groups is 1. The zero-order chi connectivity index (χ0) is 5.86. The lowest BCUT2D eigenvalue weighted by molar-refractivity contribution is -0.305. The van der Waals surface area contributed by atoms with E-state index in [4.69, 9.17) is 0 Å². The lowest BCUT2D eigenvalue weighted by atomic mass is 10.6. The van der Waals surface area contributed by atoms with E-state index in [1.807, 2.05) is 14.1 Å². The van der Waals surface area contributed by atoms with Crippen molar-refractivity contribution in [3.63, 3.8) is 0 Å². The Morgan fingerprint density at radius 3 is 2.14 bits per heavy atom. The molecule has 0 aromatic heterocycles. The molecule has 0 aliphatic carbocycles.